The van der Waals surface area contributed by atoms with E-state index in [4.69, 9.17) is 4.74 Å². The van der Waals surface area contributed by atoms with E-state index in [1.165, 1.54) is 0 Å². The fourth-order valence-electron chi connectivity index (χ4n) is 2.26. The highest BCUT2D eigenvalue weighted by Gasteiger charge is 2.22. The van der Waals surface area contributed by atoms with Crippen LogP contribution in [0.25, 0.3) is 0 Å². The van der Waals surface area contributed by atoms with Gasteiger partial charge in [-0.15, -0.1) is 15.3 Å². The first kappa shape index (κ1) is 13.6. The van der Waals surface area contributed by atoms with E-state index >= 15 is 0 Å². The van der Waals surface area contributed by atoms with Gasteiger partial charge in [-0.1, -0.05) is 25.2 Å². The summed E-state index contributed by atoms with van der Waals surface area (Å²) in [5, 5.41) is 22.5. The lowest BCUT2D eigenvalue weighted by Gasteiger charge is -2.20. The van der Waals surface area contributed by atoms with Crippen molar-refractivity contribution in [1.82, 2.24) is 30.4 Å². The van der Waals surface area contributed by atoms with Gasteiger partial charge in [-0.05, 0) is 23.3 Å². The number of aromatic nitrogens is 6. The van der Waals surface area contributed by atoms with Crippen LogP contribution in [0.5, 0.6) is 0 Å². The largest absolute Gasteiger partial charge is 0.381 e. The molecule has 0 aliphatic carbocycles. The van der Waals surface area contributed by atoms with Crippen molar-refractivity contribution in [3.63, 3.8) is 0 Å². The first-order valence-corrected chi connectivity index (χ1v) is 7.71. The van der Waals surface area contributed by atoms with Gasteiger partial charge in [0.1, 0.15) is 10.0 Å². The minimum Gasteiger partial charge on any atom is -0.381 e. The van der Waals surface area contributed by atoms with Crippen LogP contribution in [-0.4, -0.2) is 43.6 Å². The Hall–Kier alpha value is -1.41. The van der Waals surface area contributed by atoms with E-state index in [-0.39, 0.29) is 0 Å². The fourth-order valence-corrected chi connectivity index (χ4v) is 3.09. The molecule has 0 amide bonds. The van der Waals surface area contributed by atoms with Gasteiger partial charge in [-0.2, -0.15) is 0 Å². The number of rotatable bonds is 4. The minimum absolute atomic E-state index is 0.385. The normalized spacial score (nSPS) is 16.9. The fraction of sp³-hybridized carbons (Fsp3) is 0.750. The van der Waals surface area contributed by atoms with Crippen LogP contribution in [0, 0.1) is 0 Å². The van der Waals surface area contributed by atoms with Crippen LogP contribution < -0.4 is 0 Å². The van der Waals surface area contributed by atoms with Gasteiger partial charge in [0, 0.05) is 25.0 Å². The van der Waals surface area contributed by atoms with Crippen molar-refractivity contribution in [1.29, 1.82) is 0 Å². The molecule has 3 rings (SSSR count). The van der Waals surface area contributed by atoms with Crippen LogP contribution in [-0.2, 0) is 11.3 Å². The van der Waals surface area contributed by atoms with Gasteiger partial charge in [0.15, 0.2) is 5.82 Å². The third-order valence-corrected chi connectivity index (χ3v) is 4.62. The van der Waals surface area contributed by atoms with E-state index in [0.29, 0.717) is 18.4 Å². The molecule has 0 spiro atoms. The van der Waals surface area contributed by atoms with E-state index in [1.54, 1.807) is 11.3 Å². The average Bonchev–Trinajstić information content (AvgIpc) is 3.09. The van der Waals surface area contributed by atoms with Crippen molar-refractivity contribution >= 4 is 11.3 Å². The van der Waals surface area contributed by atoms with Crippen molar-refractivity contribution in [3.05, 3.63) is 15.8 Å². The zero-order chi connectivity index (χ0) is 13.9. The molecule has 108 valence electrons. The Kier molecular flexibility index (Phi) is 4.02. The smallest absolute Gasteiger partial charge is 0.155 e. The molecule has 8 heteroatoms. The first-order chi connectivity index (χ1) is 9.74. The molecule has 0 aromatic carbocycles. The van der Waals surface area contributed by atoms with Crippen LogP contribution in [0.15, 0.2) is 0 Å². The average molecular weight is 294 g/mol. The zero-order valence-corrected chi connectivity index (χ0v) is 12.5. The van der Waals surface area contributed by atoms with Gasteiger partial charge in [-0.3, -0.25) is 0 Å². The molecule has 1 saturated heterocycles. The summed E-state index contributed by atoms with van der Waals surface area (Å²) < 4.78 is 7.24. The Bertz CT molecular complexity index is 560. The Morgan fingerprint density at radius 2 is 2.05 bits per heavy atom. The lowest BCUT2D eigenvalue weighted by Crippen LogP contribution is -2.19. The Morgan fingerprint density at radius 3 is 2.75 bits per heavy atom. The van der Waals surface area contributed by atoms with E-state index in [0.717, 1.165) is 41.9 Å². The summed E-state index contributed by atoms with van der Waals surface area (Å²) in [7, 11) is 0. The molecule has 0 bridgehead atoms. The molecule has 7 nitrogen and oxygen atoms in total. The Labute approximate surface area is 121 Å². The third kappa shape index (κ3) is 2.85. The number of tetrazole rings is 1. The maximum Gasteiger partial charge on any atom is 0.155 e. The molecule has 0 saturated carbocycles. The summed E-state index contributed by atoms with van der Waals surface area (Å²) >= 11 is 1.63. The SMILES string of the molecule is CC(C)c1nnc(Cn2nnnc2C2CCOCC2)s1. The van der Waals surface area contributed by atoms with E-state index in [2.05, 4.69) is 39.6 Å². The van der Waals surface area contributed by atoms with E-state index < -0.39 is 0 Å². The summed E-state index contributed by atoms with van der Waals surface area (Å²) in [6.45, 7) is 6.41. The predicted octanol–water partition coefficient (Wildman–Crippen LogP) is 1.59. The van der Waals surface area contributed by atoms with Gasteiger partial charge >= 0.3 is 0 Å². The van der Waals surface area contributed by atoms with Crippen molar-refractivity contribution < 1.29 is 4.74 Å². The number of nitrogens with zero attached hydrogens (tertiary/aromatic N) is 6. The molecular weight excluding hydrogens is 276 g/mol. The maximum absolute atomic E-state index is 5.39. The van der Waals surface area contributed by atoms with Gasteiger partial charge in [-0.25, -0.2) is 4.68 Å². The molecule has 1 aliphatic rings. The van der Waals surface area contributed by atoms with Gasteiger partial charge in [0.05, 0.1) is 6.54 Å². The second-order valence-corrected chi connectivity index (χ2v) is 6.36. The maximum atomic E-state index is 5.39. The van der Waals surface area contributed by atoms with Gasteiger partial charge in [0.2, 0.25) is 0 Å². The van der Waals surface area contributed by atoms with E-state index in [9.17, 15) is 0 Å². The highest BCUT2D eigenvalue weighted by molar-refractivity contribution is 7.11. The number of hydrogen-bond donors (Lipinski definition) is 0. The summed E-state index contributed by atoms with van der Waals surface area (Å²) in [4.78, 5) is 0. The zero-order valence-electron chi connectivity index (χ0n) is 11.7. The minimum atomic E-state index is 0.385. The van der Waals surface area contributed by atoms with Crippen LogP contribution in [0.2, 0.25) is 0 Å². The molecule has 1 fully saturated rings. The molecule has 0 unspecified atom stereocenters. The van der Waals surface area contributed by atoms with Crippen LogP contribution in [0.1, 0.15) is 54.4 Å². The molecular formula is C12H18N6OS. The molecule has 1 aliphatic heterocycles. The summed E-state index contributed by atoms with van der Waals surface area (Å²) in [6, 6.07) is 0. The molecule has 0 N–H and O–H groups in total. The predicted molar refractivity (Wildman–Crippen MR) is 73.7 cm³/mol. The highest BCUT2D eigenvalue weighted by Crippen LogP contribution is 2.25. The molecule has 2 aromatic rings. The van der Waals surface area contributed by atoms with Crippen LogP contribution in [0.3, 0.4) is 0 Å². The summed E-state index contributed by atoms with van der Waals surface area (Å²) in [5.41, 5.74) is 0. The lowest BCUT2D eigenvalue weighted by molar-refractivity contribution is 0.0826. The van der Waals surface area contributed by atoms with Crippen LogP contribution >= 0.6 is 11.3 Å². The van der Waals surface area contributed by atoms with Gasteiger partial charge in [0.25, 0.3) is 0 Å². The topological polar surface area (TPSA) is 78.6 Å². The third-order valence-electron chi connectivity index (χ3n) is 3.41. The lowest BCUT2D eigenvalue weighted by atomic mass is 10.00. The number of hydrogen-bond acceptors (Lipinski definition) is 7. The Morgan fingerprint density at radius 1 is 1.25 bits per heavy atom. The second kappa shape index (κ2) is 5.92. The second-order valence-electron chi connectivity index (χ2n) is 5.27. The quantitative estimate of drug-likeness (QED) is 0.852. The van der Waals surface area contributed by atoms with Crippen molar-refractivity contribution in [2.75, 3.05) is 13.2 Å². The van der Waals surface area contributed by atoms with Crippen LogP contribution in [0.4, 0.5) is 0 Å². The monoisotopic (exact) mass is 294 g/mol. The molecule has 0 atom stereocenters. The number of ether oxygens (including phenoxy) is 1. The van der Waals surface area contributed by atoms with Crippen molar-refractivity contribution in [2.45, 2.75) is 45.1 Å². The molecule has 2 aromatic heterocycles. The van der Waals surface area contributed by atoms with Crippen molar-refractivity contribution in [2.24, 2.45) is 0 Å². The molecule has 20 heavy (non-hydrogen) atoms. The highest BCUT2D eigenvalue weighted by atomic mass is 32.1. The van der Waals surface area contributed by atoms with Crippen molar-refractivity contribution in [3.8, 4) is 0 Å². The standard InChI is InChI=1S/C12H18N6OS/c1-8(2)12-15-13-10(20-12)7-18-11(14-16-17-18)9-3-5-19-6-4-9/h8-9H,3-7H2,1-2H3. The summed E-state index contributed by atoms with van der Waals surface area (Å²) in [6.07, 6.45) is 1.96. The molecule has 3 heterocycles. The molecule has 0 radical (unpaired) electrons. The van der Waals surface area contributed by atoms with E-state index in [1.807, 2.05) is 4.68 Å². The van der Waals surface area contributed by atoms with Gasteiger partial charge < -0.3 is 4.74 Å². The Balaban J connectivity index is 1.75. The first-order valence-electron chi connectivity index (χ1n) is 6.90. The summed E-state index contributed by atoms with van der Waals surface area (Å²) in [5.74, 6) is 1.73.